The van der Waals surface area contributed by atoms with Crippen molar-refractivity contribution in [1.29, 1.82) is 0 Å². The maximum absolute atomic E-state index is 8.55. The van der Waals surface area contributed by atoms with Crippen molar-refractivity contribution < 1.29 is 29.2 Å². The maximum atomic E-state index is 8.55. The van der Waals surface area contributed by atoms with E-state index in [4.69, 9.17) is 29.2 Å². The second kappa shape index (κ2) is 24.8. The van der Waals surface area contributed by atoms with E-state index >= 15 is 0 Å². The molecular weight excluding hydrogens is 336 g/mol. The molecule has 0 heterocycles. The lowest BCUT2D eigenvalue weighted by Gasteiger charge is -2.06. The van der Waals surface area contributed by atoms with Crippen LogP contribution in [0, 0.1) is 0 Å². The highest BCUT2D eigenvalue weighted by molar-refractivity contribution is 4.48. The van der Waals surface area contributed by atoms with Gasteiger partial charge in [-0.05, 0) is 12.8 Å². The lowest BCUT2D eigenvalue weighted by Crippen LogP contribution is -2.07. The van der Waals surface area contributed by atoms with Crippen molar-refractivity contribution in [2.75, 3.05) is 66.1 Å². The van der Waals surface area contributed by atoms with Crippen LogP contribution in [0.4, 0.5) is 0 Å². The molecule has 0 amide bonds. The first-order valence-electron chi connectivity index (χ1n) is 10.4. The monoisotopic (exact) mass is 378 g/mol. The molecule has 0 bridgehead atoms. The third-order valence-electron chi connectivity index (χ3n) is 4.04. The van der Waals surface area contributed by atoms with Crippen molar-refractivity contribution >= 4 is 0 Å². The first kappa shape index (κ1) is 25.8. The van der Waals surface area contributed by atoms with E-state index in [2.05, 4.69) is 0 Å². The van der Waals surface area contributed by atoms with Gasteiger partial charge in [-0.25, -0.2) is 0 Å². The van der Waals surface area contributed by atoms with E-state index in [0.717, 1.165) is 26.1 Å². The zero-order chi connectivity index (χ0) is 19.0. The van der Waals surface area contributed by atoms with Crippen molar-refractivity contribution in [1.82, 2.24) is 0 Å². The van der Waals surface area contributed by atoms with Crippen molar-refractivity contribution in [2.45, 2.75) is 64.2 Å². The van der Waals surface area contributed by atoms with Gasteiger partial charge >= 0.3 is 0 Å². The molecule has 158 valence electrons. The summed E-state index contributed by atoms with van der Waals surface area (Å²) in [6.07, 6.45) is 12.7. The van der Waals surface area contributed by atoms with Gasteiger partial charge in [-0.2, -0.15) is 0 Å². The van der Waals surface area contributed by atoms with Gasteiger partial charge in [0.1, 0.15) is 0 Å². The molecule has 6 nitrogen and oxygen atoms in total. The smallest absolute Gasteiger partial charge is 0.0701 e. The van der Waals surface area contributed by atoms with Gasteiger partial charge in [0.25, 0.3) is 0 Å². The fourth-order valence-electron chi connectivity index (χ4n) is 2.60. The molecule has 0 saturated carbocycles. The Morgan fingerprint density at radius 2 is 0.577 bits per heavy atom. The quantitative estimate of drug-likeness (QED) is 0.266. The van der Waals surface area contributed by atoms with Crippen LogP contribution in [0.25, 0.3) is 0 Å². The molecule has 0 rings (SSSR count). The Balaban J connectivity index is 2.95. The van der Waals surface area contributed by atoms with Gasteiger partial charge < -0.3 is 29.2 Å². The van der Waals surface area contributed by atoms with Gasteiger partial charge in [-0.15, -0.1) is 0 Å². The van der Waals surface area contributed by atoms with Crippen molar-refractivity contribution in [3.8, 4) is 0 Å². The molecular formula is C20H42O6. The number of ether oxygens (including phenoxy) is 4. The van der Waals surface area contributed by atoms with Crippen molar-refractivity contribution in [3.63, 3.8) is 0 Å². The maximum Gasteiger partial charge on any atom is 0.0701 e. The SMILES string of the molecule is OCCOCCOCCCCCCCCCCCCOCCOCCO. The van der Waals surface area contributed by atoms with Crippen LogP contribution < -0.4 is 0 Å². The Morgan fingerprint density at radius 3 is 0.885 bits per heavy atom. The van der Waals surface area contributed by atoms with Crippen LogP contribution in [-0.4, -0.2) is 76.3 Å². The zero-order valence-corrected chi connectivity index (χ0v) is 16.7. The highest BCUT2D eigenvalue weighted by Gasteiger charge is 1.95. The third-order valence-corrected chi connectivity index (χ3v) is 4.04. The Bertz CT molecular complexity index is 216. The minimum atomic E-state index is 0.0803. The average Bonchev–Trinajstić information content (AvgIpc) is 2.66. The van der Waals surface area contributed by atoms with E-state index in [1.165, 1.54) is 51.4 Å². The van der Waals surface area contributed by atoms with E-state index in [0.29, 0.717) is 39.6 Å². The normalized spacial score (nSPS) is 11.3. The second-order valence-corrected chi connectivity index (χ2v) is 6.43. The van der Waals surface area contributed by atoms with E-state index in [9.17, 15) is 0 Å². The molecule has 2 N–H and O–H groups in total. The highest BCUT2D eigenvalue weighted by Crippen LogP contribution is 2.10. The van der Waals surface area contributed by atoms with Crippen molar-refractivity contribution in [3.05, 3.63) is 0 Å². The van der Waals surface area contributed by atoms with Gasteiger partial charge in [-0.3, -0.25) is 0 Å². The fraction of sp³-hybridized carbons (Fsp3) is 1.00. The lowest BCUT2D eigenvalue weighted by atomic mass is 10.1. The lowest BCUT2D eigenvalue weighted by molar-refractivity contribution is 0.0320. The summed E-state index contributed by atoms with van der Waals surface area (Å²) in [5.74, 6) is 0. The first-order valence-corrected chi connectivity index (χ1v) is 10.4. The number of aliphatic hydroxyl groups excluding tert-OH is 2. The van der Waals surface area contributed by atoms with Crippen LogP contribution in [0.3, 0.4) is 0 Å². The van der Waals surface area contributed by atoms with E-state index in [1.54, 1.807) is 0 Å². The van der Waals surface area contributed by atoms with E-state index in [1.807, 2.05) is 0 Å². The predicted molar refractivity (Wildman–Crippen MR) is 104 cm³/mol. The van der Waals surface area contributed by atoms with Crippen LogP contribution in [0.15, 0.2) is 0 Å². The average molecular weight is 379 g/mol. The molecule has 0 aromatic rings. The van der Waals surface area contributed by atoms with Crippen LogP contribution in [0.1, 0.15) is 64.2 Å². The summed E-state index contributed by atoms with van der Waals surface area (Å²) in [7, 11) is 0. The summed E-state index contributed by atoms with van der Waals surface area (Å²) in [4.78, 5) is 0. The molecule has 0 aromatic carbocycles. The molecule has 0 spiro atoms. The Hall–Kier alpha value is -0.240. The Morgan fingerprint density at radius 1 is 0.308 bits per heavy atom. The van der Waals surface area contributed by atoms with Gasteiger partial charge in [0.15, 0.2) is 0 Å². The highest BCUT2D eigenvalue weighted by atomic mass is 16.5. The first-order chi connectivity index (χ1) is 12.9. The standard InChI is InChI=1S/C20H42O6/c21-11-15-25-19-17-23-13-9-7-5-3-1-2-4-6-8-10-14-24-18-20-26-16-12-22/h21-22H,1-20H2. The number of hydrogen-bond acceptors (Lipinski definition) is 6. The van der Waals surface area contributed by atoms with Crippen molar-refractivity contribution in [2.24, 2.45) is 0 Å². The molecule has 0 fully saturated rings. The molecule has 0 aromatic heterocycles. The summed E-state index contributed by atoms with van der Waals surface area (Å²) in [6.45, 7) is 5.00. The Labute approximate surface area is 160 Å². The molecule has 0 aliphatic heterocycles. The van der Waals surface area contributed by atoms with Gasteiger partial charge in [0.05, 0.1) is 52.9 Å². The molecule has 0 atom stereocenters. The van der Waals surface area contributed by atoms with E-state index in [-0.39, 0.29) is 13.2 Å². The van der Waals surface area contributed by atoms with Crippen LogP contribution in [0.2, 0.25) is 0 Å². The molecule has 0 unspecified atom stereocenters. The molecule has 26 heavy (non-hydrogen) atoms. The summed E-state index contributed by atoms with van der Waals surface area (Å²) in [6, 6.07) is 0. The summed E-state index contributed by atoms with van der Waals surface area (Å²) >= 11 is 0. The van der Waals surface area contributed by atoms with E-state index < -0.39 is 0 Å². The van der Waals surface area contributed by atoms with Gasteiger partial charge in [0.2, 0.25) is 0 Å². The van der Waals surface area contributed by atoms with Gasteiger partial charge in [0, 0.05) is 13.2 Å². The third kappa shape index (κ3) is 23.8. The minimum absolute atomic E-state index is 0.0803. The predicted octanol–water partition coefficient (Wildman–Crippen LogP) is 2.94. The molecule has 0 radical (unpaired) electrons. The van der Waals surface area contributed by atoms with Crippen LogP contribution in [0.5, 0.6) is 0 Å². The van der Waals surface area contributed by atoms with Gasteiger partial charge in [-0.1, -0.05) is 51.4 Å². The molecule has 6 heteroatoms. The number of rotatable bonds is 23. The number of hydrogen-bond donors (Lipinski definition) is 2. The largest absolute Gasteiger partial charge is 0.394 e. The molecule has 0 aliphatic rings. The molecule has 0 aliphatic carbocycles. The molecule has 0 saturated heterocycles. The minimum Gasteiger partial charge on any atom is -0.394 e. The summed E-state index contributed by atoms with van der Waals surface area (Å²) < 4.78 is 21.2. The van der Waals surface area contributed by atoms with Crippen LogP contribution >= 0.6 is 0 Å². The number of aliphatic hydroxyl groups is 2. The topological polar surface area (TPSA) is 77.4 Å². The number of unbranched alkanes of at least 4 members (excludes halogenated alkanes) is 9. The Kier molecular flexibility index (Phi) is 24.5. The summed E-state index contributed by atoms with van der Waals surface area (Å²) in [5.41, 5.74) is 0. The zero-order valence-electron chi connectivity index (χ0n) is 16.7. The second-order valence-electron chi connectivity index (χ2n) is 6.43. The fourth-order valence-corrected chi connectivity index (χ4v) is 2.60. The van der Waals surface area contributed by atoms with Crippen LogP contribution in [-0.2, 0) is 18.9 Å². The summed E-state index contributed by atoms with van der Waals surface area (Å²) in [5, 5.41) is 17.1.